The van der Waals surface area contributed by atoms with E-state index in [2.05, 4.69) is 63.2 Å². The number of nitrogens with zero attached hydrogens (tertiary/aromatic N) is 4. The summed E-state index contributed by atoms with van der Waals surface area (Å²) < 4.78 is 0. The maximum absolute atomic E-state index is 14.3. The lowest BCUT2D eigenvalue weighted by atomic mass is 10.0. The Kier molecular flexibility index (Phi) is 35.0. The third-order valence-electron chi connectivity index (χ3n) is 13.8. The first kappa shape index (κ1) is 78.1. The van der Waals surface area contributed by atoms with Crippen LogP contribution < -0.4 is 99.0 Å². The molecule has 0 radical (unpaired) electrons. The summed E-state index contributed by atoms with van der Waals surface area (Å²) in [7, 11) is 0. The molecule has 2 aromatic carbocycles. The minimum Gasteiger partial charge on any atom is -0.398 e. The van der Waals surface area contributed by atoms with Crippen molar-refractivity contribution < 1.29 is 62.9 Å². The maximum Gasteiger partial charge on any atom is 0.299 e. The number of hydrogen-bond acceptors (Lipinski definition) is 21. The van der Waals surface area contributed by atoms with Crippen molar-refractivity contribution in [3.8, 4) is 0 Å². The summed E-state index contributed by atoms with van der Waals surface area (Å²) in [6.45, 7) is 3.51. The van der Waals surface area contributed by atoms with Gasteiger partial charge in [-0.25, -0.2) is 0 Å². The molecular weight excluding hydrogens is 1210 g/mol. The number of non-ortho nitro benzene ring substituents is 1. The van der Waals surface area contributed by atoms with Crippen LogP contribution in [0.1, 0.15) is 108 Å². The Labute approximate surface area is 530 Å². The highest BCUT2D eigenvalue weighted by Gasteiger charge is 2.35. The first-order valence-corrected chi connectivity index (χ1v) is 29.7. The van der Waals surface area contributed by atoms with E-state index >= 15 is 0 Å². The van der Waals surface area contributed by atoms with Crippen LogP contribution >= 0.6 is 0 Å². The molecule has 0 aromatic heterocycles. The van der Waals surface area contributed by atoms with Crippen LogP contribution in [-0.4, -0.2) is 180 Å². The lowest BCUT2D eigenvalue weighted by Gasteiger charge is -2.28. The van der Waals surface area contributed by atoms with Gasteiger partial charge in [-0.05, 0) is 115 Å². The number of carbonyl (C=O) groups is 10. The van der Waals surface area contributed by atoms with E-state index in [4.69, 9.17) is 45.9 Å². The number of nitrogens with two attached hydrogens (primary N) is 8. The number of aliphatic imine (C=N–C) groups is 2. The molecule has 0 unspecified atom stereocenters. The van der Waals surface area contributed by atoms with E-state index in [1.54, 1.807) is 26.0 Å². The van der Waals surface area contributed by atoms with Gasteiger partial charge in [-0.3, -0.25) is 78.2 Å². The Morgan fingerprint density at radius 1 is 0.533 bits per heavy atom. The van der Waals surface area contributed by atoms with Crippen molar-refractivity contribution in [2.24, 2.45) is 56.0 Å². The largest absolute Gasteiger partial charge is 0.398 e. The summed E-state index contributed by atoms with van der Waals surface area (Å²) in [5, 5.41) is 58.7. The summed E-state index contributed by atoms with van der Waals surface area (Å²) in [4.78, 5) is 165. The summed E-state index contributed by atoms with van der Waals surface area (Å²) in [6.07, 6.45) is 0.572. The van der Waals surface area contributed by atoms with E-state index in [1.807, 2.05) is 0 Å². The van der Waals surface area contributed by atoms with Crippen LogP contribution in [0.4, 0.5) is 22.7 Å². The van der Waals surface area contributed by atoms with Crippen LogP contribution in [0.25, 0.3) is 0 Å². The molecule has 10 amide bonds. The van der Waals surface area contributed by atoms with E-state index < -0.39 is 148 Å². The smallest absolute Gasteiger partial charge is 0.299 e. The van der Waals surface area contributed by atoms with Gasteiger partial charge in [0.1, 0.15) is 54.0 Å². The normalized spacial score (nSPS) is 13.5. The Balaban J connectivity index is 2.36. The summed E-state index contributed by atoms with van der Waals surface area (Å²) in [5.74, 6) is -9.88. The quantitative estimate of drug-likeness (QED) is 0.00738. The van der Waals surface area contributed by atoms with Gasteiger partial charge in [0.05, 0.1) is 28.1 Å². The predicted octanol–water partition coefficient (Wildman–Crippen LogP) is -4.90. The van der Waals surface area contributed by atoms with E-state index in [0.717, 1.165) is 18.2 Å². The first-order valence-electron chi connectivity index (χ1n) is 29.7. The first-order chi connectivity index (χ1) is 43.5. The second-order valence-corrected chi connectivity index (χ2v) is 21.5. The van der Waals surface area contributed by atoms with Crippen LogP contribution in [0, 0.1) is 26.1 Å². The van der Waals surface area contributed by atoms with E-state index in [-0.39, 0.29) is 113 Å². The van der Waals surface area contributed by atoms with Crippen LogP contribution in [0.3, 0.4) is 0 Å². The highest BCUT2D eigenvalue weighted by molar-refractivity contribution is 6.02. The fourth-order valence-corrected chi connectivity index (χ4v) is 8.74. The number of nitro benzene ring substituents is 2. The van der Waals surface area contributed by atoms with Gasteiger partial charge >= 0.3 is 0 Å². The summed E-state index contributed by atoms with van der Waals surface area (Å²) in [6, 6.07) is -2.38. The second kappa shape index (κ2) is 41.3. The van der Waals surface area contributed by atoms with E-state index in [1.165, 1.54) is 19.1 Å². The number of guanidine groups is 2. The lowest BCUT2D eigenvalue weighted by molar-refractivity contribution is -0.393. The predicted molar refractivity (Wildman–Crippen MR) is 339 cm³/mol. The van der Waals surface area contributed by atoms with Crippen molar-refractivity contribution in [2.45, 2.75) is 146 Å². The number of nitrogens with one attached hydrogen (secondary N) is 10. The van der Waals surface area contributed by atoms with E-state index in [0.29, 0.717) is 25.7 Å². The number of amides is 10. The van der Waals surface area contributed by atoms with Crippen molar-refractivity contribution in [1.82, 2.24) is 47.9 Å². The van der Waals surface area contributed by atoms with Crippen LogP contribution in [0.15, 0.2) is 52.4 Å². The Morgan fingerprint density at radius 3 is 1.43 bits per heavy atom. The summed E-state index contributed by atoms with van der Waals surface area (Å²) >= 11 is 0. The molecule has 0 aliphatic rings. The number of aliphatic hydroxyl groups is 1. The van der Waals surface area contributed by atoms with Crippen LogP contribution in [0.2, 0.25) is 0 Å². The molecule has 0 fully saturated rings. The molecule has 0 bridgehead atoms. The number of aliphatic hydroxyl groups excluding tert-OH is 1. The number of primary amides is 1. The van der Waals surface area contributed by atoms with Gasteiger partial charge < -0.3 is 104 Å². The molecular formula is C55H90N22O15. The lowest BCUT2D eigenvalue weighted by Crippen LogP contribution is -2.60. The van der Waals surface area contributed by atoms with Crippen molar-refractivity contribution in [3.05, 3.63) is 68.3 Å². The number of hydrogen-bond donors (Lipinski definition) is 19. The minimum absolute atomic E-state index is 0.0140. The highest BCUT2D eigenvalue weighted by Crippen LogP contribution is 2.28. The molecule has 37 heteroatoms. The molecule has 510 valence electrons. The number of unbranched alkanes of at least 4 members (excludes halogenated alkanes) is 2. The van der Waals surface area contributed by atoms with Gasteiger partial charge in [-0.1, -0.05) is 26.0 Å². The van der Waals surface area contributed by atoms with Crippen LogP contribution in [-0.2, 0) is 43.2 Å². The zero-order chi connectivity index (χ0) is 69.0. The molecule has 27 N–H and O–H groups in total. The number of para-hydroxylation sites is 1. The zero-order valence-electron chi connectivity index (χ0n) is 51.7. The molecule has 0 saturated heterocycles. The fraction of sp³-hybridized carbons (Fsp3) is 0.564. The molecule has 0 aliphatic heterocycles. The van der Waals surface area contributed by atoms with Gasteiger partial charge in [0, 0.05) is 44.4 Å². The molecule has 0 heterocycles. The van der Waals surface area contributed by atoms with Crippen molar-refractivity contribution in [3.63, 3.8) is 0 Å². The number of anilines is 2. The van der Waals surface area contributed by atoms with E-state index in [9.17, 15) is 73.3 Å². The monoisotopic (exact) mass is 1300 g/mol. The number of nitrogen functional groups attached to an aromatic ring is 1. The number of carbonyl (C=O) groups excluding carboxylic acids is 10. The molecule has 8 atom stereocenters. The number of rotatable bonds is 44. The topological polar surface area (TPSA) is 630 Å². The highest BCUT2D eigenvalue weighted by atomic mass is 16.6. The Morgan fingerprint density at radius 2 is 0.989 bits per heavy atom. The fourth-order valence-electron chi connectivity index (χ4n) is 8.74. The van der Waals surface area contributed by atoms with Gasteiger partial charge in [-0.2, -0.15) is 0 Å². The molecule has 0 aliphatic carbocycles. The zero-order valence-corrected chi connectivity index (χ0v) is 51.7. The third kappa shape index (κ3) is 28.6. The van der Waals surface area contributed by atoms with Gasteiger partial charge in [0.25, 0.3) is 17.3 Å². The number of benzene rings is 2. The second-order valence-electron chi connectivity index (χ2n) is 21.5. The standard InChI is InChI=1S/C55H90N22O15/c1-30(2)44(75-46(81)33-12-4-5-13-34(33)58)53(88)73-37(15-7-9-23-57)49(84)70-36(14-6-8-22-56)48(83)71-39(17-11-25-67-55(62)63)51(86)74-41(29-78)52(87)68-31(3)45(80)69-38(16-10-24-66-54(60)61)50(85)72-40(20-21-43(59)79)47(82)65-27-26-64-35-19-18-32(76(89)90)28-42(35)77(91)92/h4-5,12-13,18-19,28,30-31,36-41,44,64,78H,6-11,14-17,20-27,29,56-58H2,1-3H3,(H2,59,79)(H,65,82)(H,68,87)(H,69,80)(H,70,84)(H,71,83)(H,72,85)(H,73,88)(H,74,86)(H,75,81)(H4,60,61,66)(H4,62,63,67)/t31-,36-,37-,38-,39-,40-,41-,44-/m0/s1. The molecule has 2 rings (SSSR count). The van der Waals surface area contributed by atoms with Gasteiger partial charge in [-0.15, -0.1) is 0 Å². The van der Waals surface area contributed by atoms with Gasteiger partial charge in [0.15, 0.2) is 11.9 Å². The van der Waals surface area contributed by atoms with Crippen LogP contribution in [0.5, 0.6) is 0 Å². The average Bonchev–Trinajstić information content (AvgIpc) is 1.19. The summed E-state index contributed by atoms with van der Waals surface area (Å²) in [5.41, 5.74) is 43.9. The maximum atomic E-state index is 14.3. The molecule has 92 heavy (non-hydrogen) atoms. The number of nitro groups is 2. The molecule has 37 nitrogen and oxygen atoms in total. The Bertz CT molecular complexity index is 2910. The molecule has 0 spiro atoms. The third-order valence-corrected chi connectivity index (χ3v) is 13.8. The minimum atomic E-state index is -1.79. The Hall–Kier alpha value is -10.0. The SMILES string of the molecule is CC(C)[C@H](NC(=O)c1ccccc1N)C(=O)N[C@@H](CCCCN)C(=O)N[C@@H](CCCCN)C(=O)N[C@@H](CCCN=C(N)N)C(=O)N[C@@H](CO)C(=O)N[C@@H](C)C(=O)N[C@@H](CCCN=C(N)N)C(=O)N[C@@H](CCC(N)=O)C(=O)NCCNc1ccc([N+](=O)[O-])cc1[N+](=O)[O-]. The van der Waals surface area contributed by atoms with Crippen molar-refractivity contribution in [2.75, 3.05) is 56.9 Å². The molecule has 2 aromatic rings. The van der Waals surface area contributed by atoms with Crippen molar-refractivity contribution >= 4 is 93.7 Å². The molecule has 0 saturated carbocycles. The van der Waals surface area contributed by atoms with Crippen molar-refractivity contribution in [1.29, 1.82) is 0 Å². The average molecular weight is 1300 g/mol. The van der Waals surface area contributed by atoms with Gasteiger partial charge in [0.2, 0.25) is 53.2 Å².